The number of carbonyl (C=O) groups excluding carboxylic acids is 3. The number of unbranched alkanes of at least 4 members (excludes halogenated alkanes) is 3. The lowest BCUT2D eigenvalue weighted by molar-refractivity contribution is -0.122. The van der Waals surface area contributed by atoms with Crippen LogP contribution < -0.4 is 21.3 Å². The van der Waals surface area contributed by atoms with Crippen molar-refractivity contribution in [3.8, 4) is 0 Å². The topological polar surface area (TPSA) is 99.3 Å². The molecule has 4 amide bonds. The zero-order valence-corrected chi connectivity index (χ0v) is 17.5. The molecule has 9 heteroatoms. The third-order valence-electron chi connectivity index (χ3n) is 4.92. The maximum absolute atomic E-state index is 11.9. The molecule has 0 aromatic carbocycles. The molecule has 27 heavy (non-hydrogen) atoms. The first-order valence-corrected chi connectivity index (χ1v) is 11.6. The van der Waals surface area contributed by atoms with Crippen molar-refractivity contribution in [1.82, 2.24) is 21.3 Å². The number of nitrogens with one attached hydrogen (secondary N) is 4. The molecule has 3 atom stereocenters. The smallest absolute Gasteiger partial charge is 0.315 e. The van der Waals surface area contributed by atoms with Crippen LogP contribution in [0.4, 0.5) is 4.79 Å². The van der Waals surface area contributed by atoms with Crippen molar-refractivity contribution in [3.63, 3.8) is 0 Å². The summed E-state index contributed by atoms with van der Waals surface area (Å²) in [5.74, 6) is 1.82. The number of thioether (sulfide) groups is 1. The van der Waals surface area contributed by atoms with Crippen LogP contribution >= 0.6 is 24.4 Å². The van der Waals surface area contributed by atoms with E-state index in [1.165, 1.54) is 0 Å². The third kappa shape index (κ3) is 8.21. The molecule has 0 aromatic heterocycles. The fraction of sp³-hybridized carbons (Fsp3) is 0.833. The number of fused-ring (bicyclic) bond motifs is 1. The molecule has 2 aliphatic heterocycles. The van der Waals surface area contributed by atoms with E-state index in [9.17, 15) is 14.4 Å². The van der Waals surface area contributed by atoms with E-state index < -0.39 is 0 Å². The highest BCUT2D eigenvalue weighted by atomic mass is 32.2. The highest BCUT2D eigenvalue weighted by Crippen LogP contribution is 2.33. The predicted molar refractivity (Wildman–Crippen MR) is 112 cm³/mol. The van der Waals surface area contributed by atoms with Crippen LogP contribution in [0.25, 0.3) is 0 Å². The maximum atomic E-state index is 11.9. The molecule has 3 unspecified atom stereocenters. The normalized spacial score (nSPS) is 23.4. The van der Waals surface area contributed by atoms with Gasteiger partial charge in [-0.1, -0.05) is 12.8 Å². The monoisotopic (exact) mass is 416 g/mol. The number of carbonyl (C=O) groups is 3. The van der Waals surface area contributed by atoms with Gasteiger partial charge in [0.15, 0.2) is 0 Å². The van der Waals surface area contributed by atoms with Crippen LogP contribution in [0.1, 0.15) is 51.4 Å². The second-order valence-corrected chi connectivity index (χ2v) is 8.82. The molecule has 2 heterocycles. The molecule has 2 aliphatic rings. The fourth-order valence-corrected chi connectivity index (χ4v) is 5.12. The molecule has 0 bridgehead atoms. The average molecular weight is 417 g/mol. The molecule has 154 valence electrons. The summed E-state index contributed by atoms with van der Waals surface area (Å²) in [6, 6.07) is 0.467. The van der Waals surface area contributed by atoms with Gasteiger partial charge in [-0.2, -0.15) is 24.4 Å². The summed E-state index contributed by atoms with van der Waals surface area (Å²) in [4.78, 5) is 34.6. The summed E-state index contributed by atoms with van der Waals surface area (Å²) >= 11 is 5.96. The lowest BCUT2D eigenvalue weighted by Crippen LogP contribution is -2.36. The first-order valence-electron chi connectivity index (χ1n) is 9.93. The van der Waals surface area contributed by atoms with Crippen molar-refractivity contribution in [3.05, 3.63) is 0 Å². The largest absolute Gasteiger partial charge is 0.356 e. The second kappa shape index (κ2) is 12.4. The van der Waals surface area contributed by atoms with Crippen LogP contribution in [0.3, 0.4) is 0 Å². The zero-order valence-electron chi connectivity index (χ0n) is 15.8. The lowest BCUT2D eigenvalue weighted by atomic mass is 10.0. The van der Waals surface area contributed by atoms with Gasteiger partial charge < -0.3 is 21.3 Å². The van der Waals surface area contributed by atoms with Crippen molar-refractivity contribution in [2.75, 3.05) is 24.6 Å². The Balaban J connectivity index is 1.41. The van der Waals surface area contributed by atoms with Gasteiger partial charge in [0.1, 0.15) is 0 Å². The van der Waals surface area contributed by atoms with Gasteiger partial charge in [-0.25, -0.2) is 4.79 Å². The molecule has 0 aromatic rings. The molecule has 2 rings (SSSR count). The zero-order chi connectivity index (χ0) is 19.5. The lowest BCUT2D eigenvalue weighted by Gasteiger charge is -2.16. The van der Waals surface area contributed by atoms with Crippen LogP contribution in [0.2, 0.25) is 0 Å². The molecular formula is C18H32N4O3S2. The Morgan fingerprint density at radius 3 is 2.44 bits per heavy atom. The number of amides is 4. The van der Waals surface area contributed by atoms with Gasteiger partial charge in [-0.3, -0.25) is 9.59 Å². The summed E-state index contributed by atoms with van der Waals surface area (Å²) in [6.45, 7) is 1.29. The summed E-state index contributed by atoms with van der Waals surface area (Å²) in [7, 11) is 0. The summed E-state index contributed by atoms with van der Waals surface area (Å²) in [5.41, 5.74) is 0. The number of hydrogen-bond donors (Lipinski definition) is 5. The van der Waals surface area contributed by atoms with E-state index in [0.717, 1.165) is 44.3 Å². The molecule has 7 nitrogen and oxygen atoms in total. The van der Waals surface area contributed by atoms with E-state index in [2.05, 4.69) is 33.9 Å². The van der Waals surface area contributed by atoms with Crippen LogP contribution in [0.15, 0.2) is 0 Å². The van der Waals surface area contributed by atoms with Crippen molar-refractivity contribution < 1.29 is 14.4 Å². The van der Waals surface area contributed by atoms with Gasteiger partial charge in [0.25, 0.3) is 0 Å². The number of rotatable bonds is 13. The van der Waals surface area contributed by atoms with E-state index in [0.29, 0.717) is 36.9 Å². The van der Waals surface area contributed by atoms with Gasteiger partial charge in [0.2, 0.25) is 11.8 Å². The van der Waals surface area contributed by atoms with Gasteiger partial charge in [0.05, 0.1) is 12.1 Å². The highest BCUT2D eigenvalue weighted by molar-refractivity contribution is 8.00. The third-order valence-corrected chi connectivity index (χ3v) is 6.65. The van der Waals surface area contributed by atoms with Crippen LogP contribution in [0.5, 0.6) is 0 Å². The Morgan fingerprint density at radius 2 is 1.70 bits per heavy atom. The Kier molecular flexibility index (Phi) is 10.2. The SMILES string of the molecule is O=C(CCCCCNC(=O)CCCCC1SCC2NC(=O)NC21)NCCS. The Labute approximate surface area is 171 Å². The standard InChI is InChI=1S/C18H32N4O3S2/c23-15(19-9-5-1-2-7-16(24)20-10-11-26)8-4-3-6-14-17-13(12-27-14)21-18(25)22-17/h13-14,17,26H,1-12H2,(H,19,23)(H,20,24)(H2,21,22,25). The summed E-state index contributed by atoms with van der Waals surface area (Å²) in [6.07, 6.45) is 6.71. The van der Waals surface area contributed by atoms with Crippen molar-refractivity contribution in [2.45, 2.75) is 68.7 Å². The van der Waals surface area contributed by atoms with Crippen molar-refractivity contribution >= 4 is 42.2 Å². The molecule has 4 N–H and O–H groups in total. The van der Waals surface area contributed by atoms with Gasteiger partial charge >= 0.3 is 6.03 Å². The summed E-state index contributed by atoms with van der Waals surface area (Å²) in [5, 5.41) is 12.2. The van der Waals surface area contributed by atoms with E-state index in [-0.39, 0.29) is 29.9 Å². The average Bonchev–Trinajstić information content (AvgIpc) is 3.19. The minimum absolute atomic E-state index is 0.0482. The first kappa shape index (κ1) is 22.2. The fourth-order valence-electron chi connectivity index (χ4n) is 3.46. The van der Waals surface area contributed by atoms with E-state index in [4.69, 9.17) is 0 Å². The van der Waals surface area contributed by atoms with Gasteiger partial charge in [-0.15, -0.1) is 0 Å². The highest BCUT2D eigenvalue weighted by Gasteiger charge is 2.42. The summed E-state index contributed by atoms with van der Waals surface area (Å²) < 4.78 is 0. The van der Waals surface area contributed by atoms with Crippen LogP contribution in [-0.4, -0.2) is 59.8 Å². The molecule has 2 saturated heterocycles. The van der Waals surface area contributed by atoms with E-state index in [1.807, 2.05) is 11.8 Å². The van der Waals surface area contributed by atoms with Crippen molar-refractivity contribution in [2.24, 2.45) is 0 Å². The molecule has 0 saturated carbocycles. The van der Waals surface area contributed by atoms with E-state index >= 15 is 0 Å². The van der Waals surface area contributed by atoms with Crippen molar-refractivity contribution in [1.29, 1.82) is 0 Å². The number of thiol groups is 1. The molecule has 2 fully saturated rings. The number of urea groups is 1. The second-order valence-electron chi connectivity index (χ2n) is 7.10. The van der Waals surface area contributed by atoms with E-state index in [1.54, 1.807) is 0 Å². The molecule has 0 aliphatic carbocycles. The first-order chi connectivity index (χ1) is 13.1. The Bertz CT molecular complexity index is 507. The molecule has 0 spiro atoms. The minimum Gasteiger partial charge on any atom is -0.356 e. The molecular weight excluding hydrogens is 384 g/mol. The Hall–Kier alpha value is -1.09. The quantitative estimate of drug-likeness (QED) is 0.178. The van der Waals surface area contributed by atoms with Crippen LogP contribution in [-0.2, 0) is 9.59 Å². The van der Waals surface area contributed by atoms with Gasteiger partial charge in [0, 0.05) is 42.7 Å². The molecule has 0 radical (unpaired) electrons. The minimum atomic E-state index is -0.0482. The maximum Gasteiger partial charge on any atom is 0.315 e. The number of hydrogen-bond acceptors (Lipinski definition) is 5. The predicted octanol–water partition coefficient (Wildman–Crippen LogP) is 1.43. The Morgan fingerprint density at radius 1 is 1.00 bits per heavy atom. The van der Waals surface area contributed by atoms with Crippen LogP contribution in [0, 0.1) is 0 Å². The van der Waals surface area contributed by atoms with Gasteiger partial charge in [-0.05, 0) is 25.7 Å².